The molecule has 2 rings (SSSR count). The summed E-state index contributed by atoms with van der Waals surface area (Å²) in [6.07, 6.45) is 6.06. The maximum atomic E-state index is 9.30. The van der Waals surface area contributed by atoms with Crippen molar-refractivity contribution in [3.05, 3.63) is 0 Å². The summed E-state index contributed by atoms with van der Waals surface area (Å²) in [4.78, 5) is 0. The maximum Gasteiger partial charge on any atom is 0.0474 e. The van der Waals surface area contributed by atoms with E-state index in [9.17, 15) is 5.11 Å². The van der Waals surface area contributed by atoms with Gasteiger partial charge in [0, 0.05) is 31.9 Å². The lowest BCUT2D eigenvalue weighted by Crippen LogP contribution is -2.44. The van der Waals surface area contributed by atoms with E-state index in [4.69, 9.17) is 4.74 Å². The number of hydrogen-bond acceptors (Lipinski definition) is 3. The van der Waals surface area contributed by atoms with Crippen molar-refractivity contribution in [1.29, 1.82) is 0 Å². The van der Waals surface area contributed by atoms with E-state index < -0.39 is 0 Å². The molecule has 2 fully saturated rings. The van der Waals surface area contributed by atoms with Crippen molar-refractivity contribution in [2.24, 2.45) is 11.8 Å². The first-order valence-electron chi connectivity index (χ1n) is 6.76. The molecule has 3 atom stereocenters. The smallest absolute Gasteiger partial charge is 0.0474 e. The van der Waals surface area contributed by atoms with Crippen LogP contribution in [0.2, 0.25) is 0 Å². The maximum absolute atomic E-state index is 9.30. The zero-order valence-corrected chi connectivity index (χ0v) is 10.3. The average Bonchev–Trinajstić information content (AvgIpc) is 2.77. The van der Waals surface area contributed by atoms with Gasteiger partial charge in [-0.15, -0.1) is 0 Å². The topological polar surface area (TPSA) is 41.5 Å². The van der Waals surface area contributed by atoms with Gasteiger partial charge in [-0.05, 0) is 44.4 Å². The number of hydrogen-bond donors (Lipinski definition) is 2. The summed E-state index contributed by atoms with van der Waals surface area (Å²) in [5, 5.41) is 13.0. The minimum absolute atomic E-state index is 0.345. The fourth-order valence-electron chi connectivity index (χ4n) is 3.16. The van der Waals surface area contributed by atoms with Crippen LogP contribution >= 0.6 is 0 Å². The molecule has 3 heteroatoms. The molecular formula is C13H25NO2. The zero-order chi connectivity index (χ0) is 11.4. The molecule has 1 aliphatic carbocycles. The summed E-state index contributed by atoms with van der Waals surface area (Å²) in [7, 11) is 0. The summed E-state index contributed by atoms with van der Waals surface area (Å²) >= 11 is 0. The highest BCUT2D eigenvalue weighted by Gasteiger charge is 2.29. The fourth-order valence-corrected chi connectivity index (χ4v) is 3.16. The molecule has 16 heavy (non-hydrogen) atoms. The number of aliphatic hydroxyl groups is 1. The first-order valence-corrected chi connectivity index (χ1v) is 6.76. The van der Waals surface area contributed by atoms with Crippen molar-refractivity contribution in [2.75, 3.05) is 19.8 Å². The van der Waals surface area contributed by atoms with Gasteiger partial charge in [-0.1, -0.05) is 6.42 Å². The van der Waals surface area contributed by atoms with Gasteiger partial charge in [-0.3, -0.25) is 0 Å². The van der Waals surface area contributed by atoms with Crippen molar-refractivity contribution < 1.29 is 9.84 Å². The molecule has 0 amide bonds. The van der Waals surface area contributed by atoms with E-state index in [1.165, 1.54) is 32.1 Å². The number of aliphatic hydroxyl groups excluding tert-OH is 1. The van der Waals surface area contributed by atoms with Crippen molar-refractivity contribution in [2.45, 2.75) is 51.1 Å². The summed E-state index contributed by atoms with van der Waals surface area (Å²) in [5.74, 6) is 1.25. The van der Waals surface area contributed by atoms with Crippen LogP contribution in [0.15, 0.2) is 0 Å². The Balaban J connectivity index is 1.78. The van der Waals surface area contributed by atoms with E-state index in [1.54, 1.807) is 0 Å². The van der Waals surface area contributed by atoms with Gasteiger partial charge >= 0.3 is 0 Å². The molecule has 3 unspecified atom stereocenters. The monoisotopic (exact) mass is 227 g/mol. The Bertz CT molecular complexity index is 204. The highest BCUT2D eigenvalue weighted by molar-refractivity contribution is 4.86. The van der Waals surface area contributed by atoms with Crippen molar-refractivity contribution in [1.82, 2.24) is 5.32 Å². The molecule has 1 saturated heterocycles. The second kappa shape index (κ2) is 5.99. The van der Waals surface area contributed by atoms with Gasteiger partial charge in [0.25, 0.3) is 0 Å². The lowest BCUT2D eigenvalue weighted by Gasteiger charge is -2.32. The van der Waals surface area contributed by atoms with E-state index in [0.29, 0.717) is 24.6 Å². The quantitative estimate of drug-likeness (QED) is 0.765. The summed E-state index contributed by atoms with van der Waals surface area (Å²) in [6, 6.07) is 1.11. The van der Waals surface area contributed by atoms with Crippen LogP contribution in [-0.4, -0.2) is 37.0 Å². The molecule has 2 aliphatic rings. The molecular weight excluding hydrogens is 202 g/mol. The molecule has 0 aromatic carbocycles. The summed E-state index contributed by atoms with van der Waals surface area (Å²) in [6.45, 7) is 4.48. The molecule has 94 valence electrons. The molecule has 0 aromatic heterocycles. The lowest BCUT2D eigenvalue weighted by atomic mass is 9.91. The van der Waals surface area contributed by atoms with Crippen molar-refractivity contribution >= 4 is 0 Å². The Morgan fingerprint density at radius 3 is 2.69 bits per heavy atom. The van der Waals surface area contributed by atoms with E-state index >= 15 is 0 Å². The highest BCUT2D eigenvalue weighted by atomic mass is 16.5. The van der Waals surface area contributed by atoms with Crippen molar-refractivity contribution in [3.63, 3.8) is 0 Å². The van der Waals surface area contributed by atoms with E-state index in [0.717, 1.165) is 19.1 Å². The first kappa shape index (κ1) is 12.3. The second-order valence-corrected chi connectivity index (χ2v) is 5.39. The van der Waals surface area contributed by atoms with Crippen LogP contribution in [0.5, 0.6) is 0 Å². The Morgan fingerprint density at radius 2 is 2.00 bits per heavy atom. The Labute approximate surface area is 98.6 Å². The molecule has 1 aliphatic heterocycles. The van der Waals surface area contributed by atoms with Crippen LogP contribution in [0, 0.1) is 11.8 Å². The van der Waals surface area contributed by atoms with Crippen LogP contribution in [0.4, 0.5) is 0 Å². The predicted molar refractivity (Wildman–Crippen MR) is 64.4 cm³/mol. The van der Waals surface area contributed by atoms with Crippen LogP contribution in [0.25, 0.3) is 0 Å². The van der Waals surface area contributed by atoms with Gasteiger partial charge < -0.3 is 15.2 Å². The highest BCUT2D eigenvalue weighted by Crippen LogP contribution is 2.27. The zero-order valence-electron chi connectivity index (χ0n) is 10.3. The first-order chi connectivity index (χ1) is 7.81. The molecule has 0 aromatic rings. The number of rotatable bonds is 4. The van der Waals surface area contributed by atoms with Gasteiger partial charge in [0.2, 0.25) is 0 Å². The molecule has 1 heterocycles. The van der Waals surface area contributed by atoms with Gasteiger partial charge in [-0.2, -0.15) is 0 Å². The minimum Gasteiger partial charge on any atom is -0.396 e. The Morgan fingerprint density at radius 1 is 1.25 bits per heavy atom. The van der Waals surface area contributed by atoms with Gasteiger partial charge in [0.1, 0.15) is 0 Å². The average molecular weight is 227 g/mol. The molecule has 0 spiro atoms. The van der Waals surface area contributed by atoms with Gasteiger partial charge in [0.15, 0.2) is 0 Å². The Kier molecular flexibility index (Phi) is 4.62. The second-order valence-electron chi connectivity index (χ2n) is 5.39. The van der Waals surface area contributed by atoms with Crippen LogP contribution in [-0.2, 0) is 4.74 Å². The molecule has 0 radical (unpaired) electrons. The largest absolute Gasteiger partial charge is 0.396 e. The number of ether oxygens (including phenoxy) is 1. The third-order valence-electron chi connectivity index (χ3n) is 4.34. The normalized spacial score (nSPS) is 34.1. The third kappa shape index (κ3) is 2.96. The van der Waals surface area contributed by atoms with Crippen LogP contribution < -0.4 is 5.32 Å². The van der Waals surface area contributed by atoms with E-state index in [1.807, 2.05) is 0 Å². The number of nitrogens with one attached hydrogen (secondary N) is 1. The van der Waals surface area contributed by atoms with Crippen LogP contribution in [0.3, 0.4) is 0 Å². The fraction of sp³-hybridized carbons (Fsp3) is 1.00. The van der Waals surface area contributed by atoms with E-state index in [2.05, 4.69) is 12.2 Å². The third-order valence-corrected chi connectivity index (χ3v) is 4.34. The van der Waals surface area contributed by atoms with Gasteiger partial charge in [0.05, 0.1) is 0 Å². The predicted octanol–water partition coefficient (Wildman–Crippen LogP) is 1.55. The standard InChI is InChI=1S/C13H25NO2/c1-10(11-5-7-16-8-6-11)14-13-4-2-3-12(13)9-15/h10-15H,2-9H2,1H3. The SMILES string of the molecule is CC(NC1CCCC1CO)C1CCOCC1. The lowest BCUT2D eigenvalue weighted by molar-refractivity contribution is 0.0527. The molecule has 1 saturated carbocycles. The molecule has 3 nitrogen and oxygen atoms in total. The molecule has 2 N–H and O–H groups in total. The minimum atomic E-state index is 0.345. The Hall–Kier alpha value is -0.120. The van der Waals surface area contributed by atoms with Crippen molar-refractivity contribution in [3.8, 4) is 0 Å². The van der Waals surface area contributed by atoms with Crippen LogP contribution in [0.1, 0.15) is 39.0 Å². The van der Waals surface area contributed by atoms with Gasteiger partial charge in [-0.25, -0.2) is 0 Å². The van der Waals surface area contributed by atoms with E-state index in [-0.39, 0.29) is 0 Å². The summed E-state index contributed by atoms with van der Waals surface area (Å²) in [5.41, 5.74) is 0. The summed E-state index contributed by atoms with van der Waals surface area (Å²) < 4.78 is 5.39. The molecule has 0 bridgehead atoms.